The molecule has 40 heteroatoms. The summed E-state index contributed by atoms with van der Waals surface area (Å²) in [6.45, 7) is 0. The first-order chi connectivity index (χ1) is 0. The summed E-state index contributed by atoms with van der Waals surface area (Å²) in [5, 5.41) is 0. The van der Waals surface area contributed by atoms with E-state index in [2.05, 4.69) is 0 Å². The van der Waals surface area contributed by atoms with Crippen LogP contribution < -0.4 is 698 Å². The van der Waals surface area contributed by atoms with Crippen molar-refractivity contribution >= 4 is 170 Å². The van der Waals surface area contributed by atoms with Crippen LogP contribution in [-0.2, 0) is 0 Å². The van der Waals surface area contributed by atoms with Gasteiger partial charge in [-0.1, -0.05) is 0 Å². The summed E-state index contributed by atoms with van der Waals surface area (Å²) in [5.41, 5.74) is 0. The molecular formula is H10Br25Na15. The molecule has 0 aromatic rings. The summed E-state index contributed by atoms with van der Waals surface area (Å²) in [6, 6.07) is 0. The molecule has 0 heterocycles. The van der Waals surface area contributed by atoms with Crippen molar-refractivity contribution in [1.82, 2.24) is 0 Å². The van der Waals surface area contributed by atoms with Crippen molar-refractivity contribution in [2.45, 2.75) is 0 Å². The molecule has 0 saturated carbocycles. The summed E-state index contributed by atoms with van der Waals surface area (Å²) in [5.74, 6) is 0. The minimum absolute atomic E-state index is 0. The Morgan fingerprint density at radius 3 is 0.0750 bits per heavy atom. The monoisotopic (exact) mass is 2330 g/mol. The quantitative estimate of drug-likeness (QED) is 0.212. The van der Waals surface area contributed by atoms with Gasteiger partial charge in [-0.3, -0.25) is 0 Å². The van der Waals surface area contributed by atoms with E-state index in [1.54, 1.807) is 0 Å². The predicted octanol–water partition coefficient (Wildman–Crippen LogP) is -84.1. The molecule has 0 nitrogen and oxygen atoms in total. The van der Waals surface area contributed by atoms with Crippen molar-refractivity contribution in [2.75, 3.05) is 0 Å². The molecule has 0 aliphatic rings. The molecule has 40 heavy (non-hydrogen) atoms. The third kappa shape index (κ3) is 365. The van der Waals surface area contributed by atoms with E-state index >= 15 is 0 Å². The fourth-order valence-electron chi connectivity index (χ4n) is 0. The molecule has 0 N–H and O–H groups in total. The second-order valence-corrected chi connectivity index (χ2v) is 0. The van der Waals surface area contributed by atoms with Crippen LogP contribution in [0.3, 0.4) is 0 Å². The van der Waals surface area contributed by atoms with Gasteiger partial charge < -0.3 is 255 Å². The van der Waals surface area contributed by atoms with Crippen LogP contribution >= 0.6 is 170 Å². The van der Waals surface area contributed by atoms with Crippen LogP contribution in [0.15, 0.2) is 0 Å². The van der Waals surface area contributed by atoms with Gasteiger partial charge in [-0.15, -0.1) is 170 Å². The Morgan fingerprint density at radius 1 is 0.0750 bits per heavy atom. The molecule has 200 valence electrons. The van der Waals surface area contributed by atoms with E-state index in [4.69, 9.17) is 0 Å². The third-order valence-corrected chi connectivity index (χ3v) is 0. The number of hydrogen-bond donors (Lipinski definition) is 0. The Hall–Kier alpha value is 27.0. The van der Waals surface area contributed by atoms with Gasteiger partial charge in [0.15, 0.2) is 0 Å². The molecule has 0 fully saturated rings. The van der Waals surface area contributed by atoms with E-state index in [1.807, 2.05) is 0 Å². The Kier molecular flexibility index (Phi) is 3830. The van der Waals surface area contributed by atoms with E-state index in [-0.39, 0.29) is 868 Å². The van der Waals surface area contributed by atoms with E-state index in [9.17, 15) is 0 Å². The zero-order valence-corrected chi connectivity index (χ0v) is 95.7. The van der Waals surface area contributed by atoms with Gasteiger partial charge in [-0.05, 0) is 0 Å². The van der Waals surface area contributed by atoms with Crippen LogP contribution in [-0.4, -0.2) is 0 Å². The normalized spacial score (nSPS) is 0. The topological polar surface area (TPSA) is 0 Å². The molecule has 0 aromatic heterocycles. The van der Waals surface area contributed by atoms with Crippen molar-refractivity contribution in [3.63, 3.8) is 0 Å². The molecule has 0 radical (unpaired) electrons. The number of rotatable bonds is 0. The van der Waals surface area contributed by atoms with Crippen molar-refractivity contribution in [2.24, 2.45) is 0 Å². The average Bonchev–Trinajstić information content (AvgIpc) is 0. The molecule has 0 amide bonds. The largest absolute Gasteiger partial charge is 1.00 e. The molecule has 0 aliphatic heterocycles. The van der Waals surface area contributed by atoms with Gasteiger partial charge in [0.2, 0.25) is 0 Å². The first-order valence-corrected chi connectivity index (χ1v) is 0. The molecule has 0 atom stereocenters. The van der Waals surface area contributed by atoms with E-state index in [1.165, 1.54) is 0 Å². The first-order valence-electron chi connectivity index (χ1n) is 0. The van der Waals surface area contributed by atoms with Gasteiger partial charge in [0, 0.05) is 0 Å². The Labute approximate surface area is 840 Å². The van der Waals surface area contributed by atoms with Gasteiger partial charge in [-0.2, -0.15) is 0 Å². The SMILES string of the molecule is Br.Br.Br.Br.Br.Br.Br.Br.Br.Br.[Br-].[Br-].[Br-].[Br-].[Br-].[Br-].[Br-].[Br-].[Br-].[Br-].[Br-].[Br-].[Br-].[Br-].[Br-].[Na+].[Na+].[Na+].[Na+].[Na+].[Na+].[Na+].[Na+].[Na+].[Na+].[Na+].[Na+].[Na+].[Na+].[Na+]. The Morgan fingerprint density at radius 2 is 0.0750 bits per heavy atom. The van der Waals surface area contributed by atoms with Crippen LogP contribution in [0.2, 0.25) is 0 Å². The summed E-state index contributed by atoms with van der Waals surface area (Å²) in [4.78, 5) is 0. The molecule has 0 spiro atoms. The van der Waals surface area contributed by atoms with Gasteiger partial charge in [-0.25, -0.2) is 0 Å². The number of halogens is 25. The van der Waals surface area contributed by atoms with Crippen LogP contribution in [0, 0.1) is 0 Å². The van der Waals surface area contributed by atoms with Crippen LogP contribution in [0.5, 0.6) is 0 Å². The minimum Gasteiger partial charge on any atom is -1.00 e. The second kappa shape index (κ2) is 383. The van der Waals surface area contributed by atoms with E-state index < -0.39 is 0 Å². The summed E-state index contributed by atoms with van der Waals surface area (Å²) >= 11 is 0. The maximum atomic E-state index is 0. The van der Waals surface area contributed by atoms with Crippen LogP contribution in [0.4, 0.5) is 0 Å². The molecule has 0 bridgehead atoms. The minimum atomic E-state index is 0. The molecular weight excluding hydrogens is 2340 g/mol. The predicted molar refractivity (Wildman–Crippen MR) is 103 cm³/mol. The summed E-state index contributed by atoms with van der Waals surface area (Å²) in [7, 11) is 0. The first kappa shape index (κ1) is 400. The zero-order valence-electron chi connectivity index (χ0n) is 24.8. The van der Waals surface area contributed by atoms with Crippen LogP contribution in [0.25, 0.3) is 0 Å². The van der Waals surface area contributed by atoms with Crippen molar-refractivity contribution < 1.29 is 698 Å². The third-order valence-electron chi connectivity index (χ3n) is 0. The maximum Gasteiger partial charge on any atom is 1.00 e. The molecule has 0 saturated heterocycles. The number of hydrogen-bond acceptors (Lipinski definition) is 0. The van der Waals surface area contributed by atoms with Gasteiger partial charge in [0.25, 0.3) is 0 Å². The fourth-order valence-corrected chi connectivity index (χ4v) is 0. The smallest absolute Gasteiger partial charge is 1.00 e. The molecule has 0 unspecified atom stereocenters. The summed E-state index contributed by atoms with van der Waals surface area (Å²) in [6.07, 6.45) is 0. The van der Waals surface area contributed by atoms with Crippen LogP contribution in [0.1, 0.15) is 0 Å². The van der Waals surface area contributed by atoms with Crippen molar-refractivity contribution in [3.8, 4) is 0 Å². The molecule has 0 rings (SSSR count). The van der Waals surface area contributed by atoms with Gasteiger partial charge in [0.05, 0.1) is 0 Å². The standard InChI is InChI=1S/25BrH.15Na/h25*1H;;;;;;;;;;;;;;;/q;;;;;;;;;;;;;;;;;;;;;;;;;15*+1/p-15. The van der Waals surface area contributed by atoms with Crippen molar-refractivity contribution in [1.29, 1.82) is 0 Å². The summed E-state index contributed by atoms with van der Waals surface area (Å²) < 4.78 is 0. The zero-order chi connectivity index (χ0) is 0. The molecule has 0 aromatic carbocycles. The second-order valence-electron chi connectivity index (χ2n) is 0. The fraction of sp³-hybridized carbons (Fsp3) is 0. The van der Waals surface area contributed by atoms with Gasteiger partial charge >= 0.3 is 443 Å². The van der Waals surface area contributed by atoms with E-state index in [0.29, 0.717) is 0 Å². The Balaban J connectivity index is 0. The van der Waals surface area contributed by atoms with E-state index in [0.717, 1.165) is 0 Å². The Bertz CT molecular complexity index is 38.2. The molecule has 0 aliphatic carbocycles. The average molecular weight is 2350 g/mol. The van der Waals surface area contributed by atoms with Gasteiger partial charge in [0.1, 0.15) is 0 Å². The van der Waals surface area contributed by atoms with Crippen molar-refractivity contribution in [3.05, 3.63) is 0 Å². The maximum absolute atomic E-state index is 0.